The number of hydrogen-bond donors (Lipinski definition) is 2. The number of aliphatic hydroxyl groups is 1. The predicted octanol–water partition coefficient (Wildman–Crippen LogP) is 0.878. The molecule has 0 unspecified atom stereocenters. The van der Waals surface area contributed by atoms with E-state index < -0.39 is 17.0 Å². The van der Waals surface area contributed by atoms with Gasteiger partial charge in [0.25, 0.3) is 5.91 Å². The number of imidazole rings is 1. The summed E-state index contributed by atoms with van der Waals surface area (Å²) in [6.07, 6.45) is 3.73. The monoisotopic (exact) mass is 225 g/mol. The number of rotatable bonds is 4. The lowest BCUT2D eigenvalue weighted by Gasteiger charge is -2.33. The second kappa shape index (κ2) is 3.90. The van der Waals surface area contributed by atoms with Crippen molar-refractivity contribution >= 4 is 5.91 Å². The normalized spacial score (nSPS) is 12.8. The van der Waals surface area contributed by atoms with E-state index in [4.69, 9.17) is 5.73 Å². The highest BCUT2D eigenvalue weighted by Crippen LogP contribution is 2.27. The Kier molecular flexibility index (Phi) is 3.10. The van der Waals surface area contributed by atoms with Crippen molar-refractivity contribution in [2.24, 2.45) is 5.73 Å². The SMILES string of the molecule is CC(C)(O)CC(C)(C)n1ccnc1C(N)=O. The van der Waals surface area contributed by atoms with E-state index in [0.29, 0.717) is 6.42 Å². The number of amides is 1. The molecule has 1 aromatic rings. The van der Waals surface area contributed by atoms with Gasteiger partial charge in [-0.25, -0.2) is 4.98 Å². The van der Waals surface area contributed by atoms with Gasteiger partial charge in [-0.15, -0.1) is 0 Å². The number of hydrogen-bond acceptors (Lipinski definition) is 3. The summed E-state index contributed by atoms with van der Waals surface area (Å²) >= 11 is 0. The zero-order valence-corrected chi connectivity index (χ0v) is 10.2. The van der Waals surface area contributed by atoms with Gasteiger partial charge in [0.2, 0.25) is 0 Å². The molecule has 0 spiro atoms. The van der Waals surface area contributed by atoms with Gasteiger partial charge in [-0.05, 0) is 34.1 Å². The van der Waals surface area contributed by atoms with Crippen LogP contribution in [0.4, 0.5) is 0 Å². The van der Waals surface area contributed by atoms with Crippen LogP contribution in [0.25, 0.3) is 0 Å². The lowest BCUT2D eigenvalue weighted by molar-refractivity contribution is 0.0341. The first-order valence-corrected chi connectivity index (χ1v) is 5.19. The second-order valence-corrected chi connectivity index (χ2v) is 5.29. The van der Waals surface area contributed by atoms with Crippen LogP contribution in [0.3, 0.4) is 0 Å². The van der Waals surface area contributed by atoms with Gasteiger partial charge in [0.05, 0.1) is 5.60 Å². The summed E-state index contributed by atoms with van der Waals surface area (Å²) in [6.45, 7) is 7.32. The lowest BCUT2D eigenvalue weighted by atomic mass is 9.89. The second-order valence-electron chi connectivity index (χ2n) is 5.29. The van der Waals surface area contributed by atoms with Crippen LogP contribution in [-0.2, 0) is 5.54 Å². The van der Waals surface area contributed by atoms with E-state index in [2.05, 4.69) is 4.98 Å². The van der Waals surface area contributed by atoms with E-state index in [1.54, 1.807) is 24.6 Å². The molecule has 0 saturated heterocycles. The first-order chi connectivity index (χ1) is 7.13. The maximum absolute atomic E-state index is 11.2. The van der Waals surface area contributed by atoms with Crippen molar-refractivity contribution in [3.8, 4) is 0 Å². The molecule has 90 valence electrons. The molecule has 1 aromatic heterocycles. The maximum Gasteiger partial charge on any atom is 0.284 e. The minimum Gasteiger partial charge on any atom is -0.390 e. The molecule has 5 nitrogen and oxygen atoms in total. The van der Waals surface area contributed by atoms with Crippen LogP contribution >= 0.6 is 0 Å². The Labute approximate surface area is 95.3 Å². The topological polar surface area (TPSA) is 81.1 Å². The minimum absolute atomic E-state index is 0.217. The fraction of sp³-hybridized carbons (Fsp3) is 0.636. The van der Waals surface area contributed by atoms with Crippen LogP contribution in [0.1, 0.15) is 44.7 Å². The maximum atomic E-state index is 11.2. The van der Waals surface area contributed by atoms with Gasteiger partial charge in [0.15, 0.2) is 5.82 Å². The van der Waals surface area contributed by atoms with E-state index in [1.807, 2.05) is 13.8 Å². The molecule has 3 N–H and O–H groups in total. The van der Waals surface area contributed by atoms with Crippen molar-refractivity contribution in [1.29, 1.82) is 0 Å². The third-order valence-corrected chi connectivity index (χ3v) is 2.38. The molecule has 1 rings (SSSR count). The van der Waals surface area contributed by atoms with Gasteiger partial charge >= 0.3 is 0 Å². The Balaban J connectivity index is 3.07. The zero-order valence-electron chi connectivity index (χ0n) is 10.2. The van der Waals surface area contributed by atoms with Crippen LogP contribution in [0.15, 0.2) is 12.4 Å². The molecule has 0 bridgehead atoms. The smallest absolute Gasteiger partial charge is 0.284 e. The molecular formula is C11H19N3O2. The summed E-state index contributed by atoms with van der Waals surface area (Å²) in [7, 11) is 0. The van der Waals surface area contributed by atoms with Crippen molar-refractivity contribution in [1.82, 2.24) is 9.55 Å². The van der Waals surface area contributed by atoms with Crippen molar-refractivity contribution in [3.63, 3.8) is 0 Å². The number of carbonyl (C=O) groups is 1. The molecule has 1 heterocycles. The van der Waals surface area contributed by atoms with Crippen LogP contribution in [-0.4, -0.2) is 26.2 Å². The lowest BCUT2D eigenvalue weighted by Crippen LogP contribution is -2.38. The molecule has 5 heteroatoms. The highest BCUT2D eigenvalue weighted by atomic mass is 16.3. The van der Waals surface area contributed by atoms with Gasteiger partial charge in [-0.3, -0.25) is 4.79 Å². The Morgan fingerprint density at radius 1 is 1.50 bits per heavy atom. The molecule has 0 fully saturated rings. The molecule has 0 radical (unpaired) electrons. The molecule has 0 atom stereocenters. The number of aromatic nitrogens is 2. The first kappa shape index (κ1) is 12.7. The Morgan fingerprint density at radius 2 is 2.06 bits per heavy atom. The van der Waals surface area contributed by atoms with Gasteiger partial charge in [-0.2, -0.15) is 0 Å². The van der Waals surface area contributed by atoms with Crippen LogP contribution < -0.4 is 5.73 Å². The van der Waals surface area contributed by atoms with E-state index >= 15 is 0 Å². The summed E-state index contributed by atoms with van der Waals surface area (Å²) < 4.78 is 1.70. The van der Waals surface area contributed by atoms with Crippen LogP contribution in [0.2, 0.25) is 0 Å². The number of primary amides is 1. The van der Waals surface area contributed by atoms with Crippen LogP contribution in [0, 0.1) is 0 Å². The third kappa shape index (κ3) is 2.82. The van der Waals surface area contributed by atoms with Gasteiger partial charge < -0.3 is 15.4 Å². The van der Waals surface area contributed by atoms with Crippen molar-refractivity contribution in [2.45, 2.75) is 45.3 Å². The average molecular weight is 225 g/mol. The number of nitrogens with two attached hydrogens (primary N) is 1. The predicted molar refractivity (Wildman–Crippen MR) is 61.0 cm³/mol. The summed E-state index contributed by atoms with van der Waals surface area (Å²) in [5.41, 5.74) is 4.00. The van der Waals surface area contributed by atoms with Crippen molar-refractivity contribution in [2.75, 3.05) is 0 Å². The zero-order chi connectivity index (χ0) is 12.6. The molecule has 0 aliphatic rings. The molecule has 0 aromatic carbocycles. The molecular weight excluding hydrogens is 206 g/mol. The summed E-state index contributed by atoms with van der Waals surface area (Å²) in [4.78, 5) is 15.1. The Morgan fingerprint density at radius 3 is 2.50 bits per heavy atom. The number of carbonyl (C=O) groups excluding carboxylic acids is 1. The largest absolute Gasteiger partial charge is 0.390 e. The van der Waals surface area contributed by atoms with Gasteiger partial charge in [-0.1, -0.05) is 0 Å². The summed E-state index contributed by atoms with van der Waals surface area (Å²) in [5.74, 6) is -0.344. The number of nitrogens with zero attached hydrogens (tertiary/aromatic N) is 2. The molecule has 1 amide bonds. The minimum atomic E-state index is -0.817. The third-order valence-electron chi connectivity index (χ3n) is 2.38. The summed E-state index contributed by atoms with van der Waals surface area (Å²) in [5, 5.41) is 9.83. The first-order valence-electron chi connectivity index (χ1n) is 5.19. The molecule has 0 aliphatic heterocycles. The average Bonchev–Trinajstić information content (AvgIpc) is 2.45. The highest BCUT2D eigenvalue weighted by Gasteiger charge is 2.30. The molecule has 0 saturated carbocycles. The van der Waals surface area contributed by atoms with Gasteiger partial charge in [0.1, 0.15) is 0 Å². The quantitative estimate of drug-likeness (QED) is 0.798. The standard InChI is InChI=1S/C11H19N3O2/c1-10(2,7-11(3,4)16)14-6-5-13-9(14)8(12)15/h5-6,16H,7H2,1-4H3,(H2,12,15). The van der Waals surface area contributed by atoms with E-state index in [-0.39, 0.29) is 5.82 Å². The molecule has 16 heavy (non-hydrogen) atoms. The van der Waals surface area contributed by atoms with E-state index in [9.17, 15) is 9.90 Å². The Hall–Kier alpha value is -1.36. The fourth-order valence-electron chi connectivity index (χ4n) is 2.12. The van der Waals surface area contributed by atoms with Gasteiger partial charge in [0, 0.05) is 17.9 Å². The van der Waals surface area contributed by atoms with Crippen LogP contribution in [0.5, 0.6) is 0 Å². The summed E-state index contributed by atoms with van der Waals surface area (Å²) in [6, 6.07) is 0. The highest BCUT2D eigenvalue weighted by molar-refractivity contribution is 5.89. The van der Waals surface area contributed by atoms with E-state index in [0.717, 1.165) is 0 Å². The Bertz CT molecular complexity index is 388. The van der Waals surface area contributed by atoms with E-state index in [1.165, 1.54) is 6.20 Å². The van der Waals surface area contributed by atoms with Crippen molar-refractivity contribution < 1.29 is 9.90 Å². The molecule has 0 aliphatic carbocycles. The fourth-order valence-corrected chi connectivity index (χ4v) is 2.12. The van der Waals surface area contributed by atoms with Crippen molar-refractivity contribution in [3.05, 3.63) is 18.2 Å².